The fourth-order valence-corrected chi connectivity index (χ4v) is 5.41. The minimum atomic E-state index is -0.762. The maximum absolute atomic E-state index is 13.6. The molecule has 1 fully saturated rings. The van der Waals surface area contributed by atoms with E-state index in [1.165, 1.54) is 4.90 Å². The van der Waals surface area contributed by atoms with Gasteiger partial charge in [0.25, 0.3) is 0 Å². The number of esters is 1. The first-order valence-corrected chi connectivity index (χ1v) is 12.1. The predicted molar refractivity (Wildman–Crippen MR) is 130 cm³/mol. The zero-order chi connectivity index (χ0) is 24.2. The third kappa shape index (κ3) is 4.44. The van der Waals surface area contributed by atoms with Crippen molar-refractivity contribution < 1.29 is 24.2 Å². The fraction of sp³-hybridized carbons (Fsp3) is 0.444. The number of hydrogen-bond donors (Lipinski definition) is 2. The van der Waals surface area contributed by atoms with Crippen LogP contribution in [0.4, 0.5) is 5.69 Å². The number of fused-ring (bicyclic) bond motifs is 2. The average molecular weight is 465 g/mol. The van der Waals surface area contributed by atoms with Crippen LogP contribution in [0.1, 0.15) is 26.7 Å². The van der Waals surface area contributed by atoms with Gasteiger partial charge in [-0.25, -0.2) is 0 Å². The van der Waals surface area contributed by atoms with Crippen molar-refractivity contribution in [3.8, 4) is 0 Å². The van der Waals surface area contributed by atoms with Gasteiger partial charge in [0.1, 0.15) is 6.04 Å². The highest BCUT2D eigenvalue weighted by molar-refractivity contribution is 6.02. The van der Waals surface area contributed by atoms with Crippen LogP contribution in [0.5, 0.6) is 0 Å². The van der Waals surface area contributed by atoms with Gasteiger partial charge in [0.15, 0.2) is 0 Å². The van der Waals surface area contributed by atoms with E-state index in [1.807, 2.05) is 61.5 Å². The van der Waals surface area contributed by atoms with Crippen LogP contribution in [0.2, 0.25) is 0 Å². The summed E-state index contributed by atoms with van der Waals surface area (Å²) in [5.41, 5.74) is 0.648. The standard InChI is InChI=1S/C27H32N2O5/c1-3-17-11-13-21-23(22(17)27(33)34-4-2)26(32)29(14-7-15-30)24(21)25(31)28-20-12-10-18-8-5-6-9-19(18)16-20/h5-6,8-13,16-17,21-24,30H,3-4,7,14-15H2,1-2H3,(H,28,31)/t17-,21+,22-,23-,24+/m1/s1. The summed E-state index contributed by atoms with van der Waals surface area (Å²) in [5.74, 6) is -2.74. The molecule has 34 heavy (non-hydrogen) atoms. The van der Waals surface area contributed by atoms with Crippen molar-refractivity contribution in [1.82, 2.24) is 4.90 Å². The Labute approximate surface area is 199 Å². The zero-order valence-electron chi connectivity index (χ0n) is 19.6. The summed E-state index contributed by atoms with van der Waals surface area (Å²) < 4.78 is 5.33. The fourth-order valence-electron chi connectivity index (χ4n) is 5.41. The zero-order valence-corrected chi connectivity index (χ0v) is 19.6. The number of anilines is 1. The molecule has 0 saturated carbocycles. The Morgan fingerprint density at radius 3 is 2.56 bits per heavy atom. The number of benzene rings is 2. The van der Waals surface area contributed by atoms with Crippen molar-refractivity contribution >= 4 is 34.2 Å². The van der Waals surface area contributed by atoms with Gasteiger partial charge in [0, 0.05) is 24.8 Å². The van der Waals surface area contributed by atoms with Crippen LogP contribution in [0.3, 0.4) is 0 Å². The molecule has 0 aromatic heterocycles. The number of carbonyl (C=O) groups is 3. The lowest BCUT2D eigenvalue weighted by atomic mass is 9.69. The first kappa shape index (κ1) is 24.0. The lowest BCUT2D eigenvalue weighted by molar-refractivity contribution is -0.155. The average Bonchev–Trinajstić information content (AvgIpc) is 3.13. The highest BCUT2D eigenvalue weighted by atomic mass is 16.5. The lowest BCUT2D eigenvalue weighted by Gasteiger charge is -2.33. The summed E-state index contributed by atoms with van der Waals surface area (Å²) in [4.78, 5) is 41.6. The number of ether oxygens (including phenoxy) is 1. The van der Waals surface area contributed by atoms with Crippen molar-refractivity contribution in [2.45, 2.75) is 32.7 Å². The van der Waals surface area contributed by atoms with Gasteiger partial charge in [-0.1, -0.05) is 49.4 Å². The van der Waals surface area contributed by atoms with Crippen LogP contribution in [0.25, 0.3) is 10.8 Å². The Morgan fingerprint density at radius 2 is 1.85 bits per heavy atom. The first-order chi connectivity index (χ1) is 16.5. The van der Waals surface area contributed by atoms with Crippen molar-refractivity contribution in [2.24, 2.45) is 23.7 Å². The number of aliphatic hydroxyl groups excluding tert-OH is 1. The number of nitrogens with zero attached hydrogens (tertiary/aromatic N) is 1. The molecule has 1 aliphatic carbocycles. The molecular weight excluding hydrogens is 432 g/mol. The van der Waals surface area contributed by atoms with E-state index in [-0.39, 0.29) is 43.5 Å². The molecule has 7 heteroatoms. The maximum atomic E-state index is 13.6. The largest absolute Gasteiger partial charge is 0.466 e. The van der Waals surface area contributed by atoms with E-state index in [9.17, 15) is 19.5 Å². The van der Waals surface area contributed by atoms with Crippen molar-refractivity contribution in [1.29, 1.82) is 0 Å². The topological polar surface area (TPSA) is 95.9 Å². The van der Waals surface area contributed by atoms with Gasteiger partial charge in [-0.05, 0) is 48.6 Å². The molecule has 2 aromatic carbocycles. The van der Waals surface area contributed by atoms with Crippen LogP contribution in [0, 0.1) is 23.7 Å². The highest BCUT2D eigenvalue weighted by Crippen LogP contribution is 2.45. The Bertz CT molecular complexity index is 1100. The summed E-state index contributed by atoms with van der Waals surface area (Å²) in [6, 6.07) is 12.8. The van der Waals surface area contributed by atoms with Crippen LogP contribution < -0.4 is 5.32 Å². The molecular formula is C27H32N2O5. The van der Waals surface area contributed by atoms with Crippen LogP contribution in [-0.4, -0.2) is 53.6 Å². The summed E-state index contributed by atoms with van der Waals surface area (Å²) in [6.45, 7) is 4.12. The molecule has 1 saturated heterocycles. The normalized spacial score (nSPS) is 25.9. The smallest absolute Gasteiger partial charge is 0.310 e. The molecule has 0 radical (unpaired) electrons. The maximum Gasteiger partial charge on any atom is 0.310 e. The van der Waals surface area contributed by atoms with Crippen molar-refractivity contribution in [3.05, 3.63) is 54.6 Å². The molecule has 180 valence electrons. The molecule has 0 spiro atoms. The van der Waals surface area contributed by atoms with E-state index in [1.54, 1.807) is 6.92 Å². The van der Waals surface area contributed by atoms with E-state index in [4.69, 9.17) is 4.74 Å². The Kier molecular flexibility index (Phi) is 7.32. The van der Waals surface area contributed by atoms with E-state index < -0.39 is 23.8 Å². The number of nitrogens with one attached hydrogen (secondary N) is 1. The third-order valence-electron chi connectivity index (χ3n) is 6.98. The summed E-state index contributed by atoms with van der Waals surface area (Å²) in [6.07, 6.45) is 4.94. The van der Waals surface area contributed by atoms with Gasteiger partial charge in [-0.3, -0.25) is 14.4 Å². The highest BCUT2D eigenvalue weighted by Gasteiger charge is 2.57. The van der Waals surface area contributed by atoms with E-state index in [0.717, 1.165) is 10.8 Å². The number of likely N-dealkylation sites (tertiary alicyclic amines) is 1. The number of hydrogen-bond acceptors (Lipinski definition) is 5. The van der Waals surface area contributed by atoms with Gasteiger partial charge in [0.2, 0.25) is 11.8 Å². The molecule has 4 rings (SSSR count). The number of rotatable bonds is 8. The molecule has 0 bridgehead atoms. The van der Waals surface area contributed by atoms with E-state index in [0.29, 0.717) is 18.5 Å². The van der Waals surface area contributed by atoms with Gasteiger partial charge >= 0.3 is 5.97 Å². The molecule has 2 aromatic rings. The Morgan fingerprint density at radius 1 is 1.09 bits per heavy atom. The third-order valence-corrected chi connectivity index (χ3v) is 6.98. The minimum Gasteiger partial charge on any atom is -0.466 e. The number of aliphatic hydroxyl groups is 1. The lowest BCUT2D eigenvalue weighted by Crippen LogP contribution is -2.44. The minimum absolute atomic E-state index is 0.0904. The number of allylic oxidation sites excluding steroid dienone is 1. The second-order valence-corrected chi connectivity index (χ2v) is 8.94. The van der Waals surface area contributed by atoms with E-state index >= 15 is 0 Å². The molecule has 5 atom stereocenters. The molecule has 2 amide bonds. The first-order valence-electron chi connectivity index (χ1n) is 12.1. The second-order valence-electron chi connectivity index (χ2n) is 8.94. The summed E-state index contributed by atoms with van der Waals surface area (Å²) >= 11 is 0. The van der Waals surface area contributed by atoms with Crippen LogP contribution in [0.15, 0.2) is 54.6 Å². The monoisotopic (exact) mass is 464 g/mol. The summed E-state index contributed by atoms with van der Waals surface area (Å²) in [7, 11) is 0. The molecule has 0 unspecified atom stereocenters. The van der Waals surface area contributed by atoms with Crippen molar-refractivity contribution in [3.63, 3.8) is 0 Å². The molecule has 2 N–H and O–H groups in total. The van der Waals surface area contributed by atoms with Gasteiger partial charge < -0.3 is 20.1 Å². The van der Waals surface area contributed by atoms with Crippen molar-refractivity contribution in [2.75, 3.05) is 25.1 Å². The quantitative estimate of drug-likeness (QED) is 0.461. The Hall–Kier alpha value is -3.19. The van der Waals surface area contributed by atoms with E-state index in [2.05, 4.69) is 5.32 Å². The second kappa shape index (κ2) is 10.4. The van der Waals surface area contributed by atoms with Crippen LogP contribution in [-0.2, 0) is 19.1 Å². The predicted octanol–water partition coefficient (Wildman–Crippen LogP) is 3.38. The van der Waals surface area contributed by atoms with Gasteiger partial charge in [-0.15, -0.1) is 0 Å². The molecule has 1 heterocycles. The number of carbonyl (C=O) groups excluding carboxylic acids is 3. The van der Waals surface area contributed by atoms with Gasteiger partial charge in [-0.2, -0.15) is 0 Å². The van der Waals surface area contributed by atoms with Gasteiger partial charge in [0.05, 0.1) is 18.4 Å². The Balaban J connectivity index is 1.66. The number of amides is 2. The molecule has 7 nitrogen and oxygen atoms in total. The molecule has 1 aliphatic heterocycles. The summed E-state index contributed by atoms with van der Waals surface area (Å²) in [5, 5.41) is 14.5. The van der Waals surface area contributed by atoms with Crippen LogP contribution >= 0.6 is 0 Å². The SMILES string of the molecule is CCOC(=O)[C@H]1[C@@H]2C(=O)N(CCCO)[C@H](C(=O)Nc3ccc4ccccc4c3)[C@H]2C=C[C@H]1CC. The molecule has 2 aliphatic rings.